The Morgan fingerprint density at radius 2 is 1.93 bits per heavy atom. The SMILES string of the molecule is CCCCCCCOC1CCS(=O)(=O)C1. The van der Waals surface area contributed by atoms with Crippen LogP contribution in [0, 0.1) is 0 Å². The van der Waals surface area contributed by atoms with E-state index in [1.165, 1.54) is 25.7 Å². The summed E-state index contributed by atoms with van der Waals surface area (Å²) in [6.45, 7) is 2.92. The first kappa shape index (κ1) is 13.0. The molecule has 1 atom stereocenters. The minimum atomic E-state index is -2.77. The molecule has 1 aliphatic heterocycles. The van der Waals surface area contributed by atoms with Gasteiger partial charge in [0.05, 0.1) is 17.6 Å². The first-order valence-corrected chi connectivity index (χ1v) is 7.78. The number of hydrogen-bond acceptors (Lipinski definition) is 3. The second kappa shape index (κ2) is 6.48. The summed E-state index contributed by atoms with van der Waals surface area (Å²) in [7, 11) is -2.77. The van der Waals surface area contributed by atoms with Crippen LogP contribution in [0.5, 0.6) is 0 Å². The van der Waals surface area contributed by atoms with Gasteiger partial charge in [-0.3, -0.25) is 0 Å². The van der Waals surface area contributed by atoms with Gasteiger partial charge in [-0.25, -0.2) is 8.42 Å². The Balaban J connectivity index is 1.97. The molecule has 0 bridgehead atoms. The monoisotopic (exact) mass is 234 g/mol. The second-order valence-corrected chi connectivity index (χ2v) is 6.54. The van der Waals surface area contributed by atoms with Gasteiger partial charge in [0.25, 0.3) is 0 Å². The van der Waals surface area contributed by atoms with Crippen molar-refractivity contribution in [3.05, 3.63) is 0 Å². The van der Waals surface area contributed by atoms with E-state index in [1.54, 1.807) is 0 Å². The minimum Gasteiger partial charge on any atom is -0.377 e. The number of sulfone groups is 1. The fourth-order valence-corrected chi connectivity index (χ4v) is 3.47. The van der Waals surface area contributed by atoms with Crippen LogP contribution in [-0.2, 0) is 14.6 Å². The summed E-state index contributed by atoms with van der Waals surface area (Å²) in [6, 6.07) is 0. The van der Waals surface area contributed by atoms with Crippen LogP contribution in [-0.4, -0.2) is 32.6 Å². The Morgan fingerprint density at radius 3 is 2.53 bits per heavy atom. The molecule has 15 heavy (non-hydrogen) atoms. The van der Waals surface area contributed by atoms with Crippen LogP contribution in [0.4, 0.5) is 0 Å². The maximum absolute atomic E-state index is 11.1. The molecular formula is C11H22O3S. The van der Waals surface area contributed by atoms with Gasteiger partial charge >= 0.3 is 0 Å². The van der Waals surface area contributed by atoms with Crippen molar-refractivity contribution < 1.29 is 13.2 Å². The highest BCUT2D eigenvalue weighted by Crippen LogP contribution is 2.15. The smallest absolute Gasteiger partial charge is 0.152 e. The molecule has 0 aromatic carbocycles. The van der Waals surface area contributed by atoms with Gasteiger partial charge in [0.2, 0.25) is 0 Å². The summed E-state index contributed by atoms with van der Waals surface area (Å²) in [5.74, 6) is 0.551. The molecule has 0 radical (unpaired) electrons. The lowest BCUT2D eigenvalue weighted by Crippen LogP contribution is -2.15. The molecule has 1 saturated heterocycles. The van der Waals surface area contributed by atoms with Crippen molar-refractivity contribution in [3.63, 3.8) is 0 Å². The first-order valence-electron chi connectivity index (χ1n) is 5.96. The van der Waals surface area contributed by atoms with Crippen LogP contribution in [0.1, 0.15) is 45.4 Å². The molecule has 0 aliphatic carbocycles. The summed E-state index contributed by atoms with van der Waals surface area (Å²) in [6.07, 6.45) is 6.74. The lowest BCUT2D eigenvalue weighted by Gasteiger charge is -2.09. The van der Waals surface area contributed by atoms with Crippen LogP contribution in [0.3, 0.4) is 0 Å². The van der Waals surface area contributed by atoms with Gasteiger partial charge in [-0.2, -0.15) is 0 Å². The summed E-state index contributed by atoms with van der Waals surface area (Å²) in [5, 5.41) is 0. The zero-order valence-electron chi connectivity index (χ0n) is 9.57. The van der Waals surface area contributed by atoms with Gasteiger partial charge in [-0.05, 0) is 12.8 Å². The third kappa shape index (κ3) is 5.52. The van der Waals surface area contributed by atoms with Crippen molar-refractivity contribution in [2.75, 3.05) is 18.1 Å². The third-order valence-electron chi connectivity index (χ3n) is 2.79. The maximum atomic E-state index is 11.1. The lowest BCUT2D eigenvalue weighted by molar-refractivity contribution is 0.0680. The number of unbranched alkanes of at least 4 members (excludes halogenated alkanes) is 4. The average Bonchev–Trinajstić information content (AvgIpc) is 2.52. The molecule has 1 heterocycles. The molecule has 3 nitrogen and oxygen atoms in total. The fourth-order valence-electron chi connectivity index (χ4n) is 1.85. The topological polar surface area (TPSA) is 43.4 Å². The van der Waals surface area contributed by atoms with E-state index in [-0.39, 0.29) is 11.9 Å². The standard InChI is InChI=1S/C11H22O3S/c1-2-3-4-5-6-8-14-11-7-9-15(12,13)10-11/h11H,2-10H2,1H3. The molecule has 90 valence electrons. The van der Waals surface area contributed by atoms with Crippen molar-refractivity contribution in [3.8, 4) is 0 Å². The number of hydrogen-bond donors (Lipinski definition) is 0. The summed E-state index contributed by atoms with van der Waals surface area (Å²) in [5.41, 5.74) is 0. The van der Waals surface area contributed by atoms with Gasteiger partial charge < -0.3 is 4.74 Å². The molecule has 0 saturated carbocycles. The molecule has 0 aromatic heterocycles. The van der Waals surface area contributed by atoms with Crippen molar-refractivity contribution >= 4 is 9.84 Å². The fraction of sp³-hybridized carbons (Fsp3) is 1.00. The predicted octanol–water partition coefficient (Wildman–Crippen LogP) is 2.16. The summed E-state index contributed by atoms with van der Waals surface area (Å²) in [4.78, 5) is 0. The summed E-state index contributed by atoms with van der Waals surface area (Å²) < 4.78 is 27.8. The Morgan fingerprint density at radius 1 is 1.20 bits per heavy atom. The highest BCUT2D eigenvalue weighted by molar-refractivity contribution is 7.91. The minimum absolute atomic E-state index is 0.0267. The van der Waals surface area contributed by atoms with E-state index in [2.05, 4.69) is 6.92 Å². The zero-order valence-corrected chi connectivity index (χ0v) is 10.4. The highest BCUT2D eigenvalue weighted by Gasteiger charge is 2.28. The van der Waals surface area contributed by atoms with E-state index in [1.807, 2.05) is 0 Å². The van der Waals surface area contributed by atoms with Gasteiger partial charge in [0.1, 0.15) is 0 Å². The van der Waals surface area contributed by atoms with E-state index < -0.39 is 9.84 Å². The molecule has 1 unspecified atom stereocenters. The van der Waals surface area contributed by atoms with Crippen LogP contribution >= 0.6 is 0 Å². The van der Waals surface area contributed by atoms with E-state index in [4.69, 9.17) is 4.74 Å². The van der Waals surface area contributed by atoms with Crippen LogP contribution < -0.4 is 0 Å². The van der Waals surface area contributed by atoms with Gasteiger partial charge in [-0.15, -0.1) is 0 Å². The van der Waals surface area contributed by atoms with Crippen molar-refractivity contribution in [1.82, 2.24) is 0 Å². The quantitative estimate of drug-likeness (QED) is 0.634. The number of rotatable bonds is 7. The average molecular weight is 234 g/mol. The van der Waals surface area contributed by atoms with E-state index in [9.17, 15) is 8.42 Å². The maximum Gasteiger partial charge on any atom is 0.152 e. The Hall–Kier alpha value is -0.0900. The lowest BCUT2D eigenvalue weighted by atomic mass is 10.2. The molecule has 0 N–H and O–H groups in total. The zero-order chi connectivity index (χ0) is 11.1. The predicted molar refractivity (Wildman–Crippen MR) is 61.8 cm³/mol. The molecule has 1 fully saturated rings. The van der Waals surface area contributed by atoms with Crippen LogP contribution in [0.25, 0.3) is 0 Å². The Kier molecular flexibility index (Phi) is 5.61. The van der Waals surface area contributed by atoms with Gasteiger partial charge in [0, 0.05) is 6.61 Å². The van der Waals surface area contributed by atoms with Crippen LogP contribution in [0.15, 0.2) is 0 Å². The molecule has 0 spiro atoms. The molecule has 0 aromatic rings. The largest absolute Gasteiger partial charge is 0.377 e. The van der Waals surface area contributed by atoms with E-state index in [0.717, 1.165) is 13.0 Å². The summed E-state index contributed by atoms with van der Waals surface area (Å²) >= 11 is 0. The highest BCUT2D eigenvalue weighted by atomic mass is 32.2. The molecule has 1 rings (SSSR count). The van der Waals surface area contributed by atoms with Crippen molar-refractivity contribution in [2.24, 2.45) is 0 Å². The van der Waals surface area contributed by atoms with E-state index >= 15 is 0 Å². The van der Waals surface area contributed by atoms with Gasteiger partial charge in [-0.1, -0.05) is 32.6 Å². The first-order chi connectivity index (χ1) is 7.14. The number of ether oxygens (including phenoxy) is 1. The molecule has 4 heteroatoms. The van der Waals surface area contributed by atoms with Gasteiger partial charge in [0.15, 0.2) is 9.84 Å². The Labute approximate surface area is 93.1 Å². The molecule has 1 aliphatic rings. The van der Waals surface area contributed by atoms with Crippen LogP contribution in [0.2, 0.25) is 0 Å². The molecule has 0 amide bonds. The normalized spacial score (nSPS) is 24.5. The van der Waals surface area contributed by atoms with E-state index in [0.29, 0.717) is 12.2 Å². The van der Waals surface area contributed by atoms with Crippen molar-refractivity contribution in [1.29, 1.82) is 0 Å². The second-order valence-electron chi connectivity index (χ2n) is 4.31. The third-order valence-corrected chi connectivity index (χ3v) is 4.53. The molecular weight excluding hydrogens is 212 g/mol. The van der Waals surface area contributed by atoms with Crippen molar-refractivity contribution in [2.45, 2.75) is 51.6 Å². The Bertz CT molecular complexity index is 259.